The van der Waals surface area contributed by atoms with Gasteiger partial charge in [-0.25, -0.2) is 0 Å². The number of benzene rings is 1. The summed E-state index contributed by atoms with van der Waals surface area (Å²) in [6, 6.07) is 13.0. The highest BCUT2D eigenvalue weighted by Gasteiger charge is 2.25. The van der Waals surface area contributed by atoms with Gasteiger partial charge >= 0.3 is 0 Å². The number of pyridine rings is 1. The molecule has 1 unspecified atom stereocenters. The molecule has 0 saturated heterocycles. The van der Waals surface area contributed by atoms with Crippen molar-refractivity contribution in [2.75, 3.05) is 0 Å². The smallest absolute Gasteiger partial charge is 0.0372 e. The third kappa shape index (κ3) is 3.67. The molecule has 1 atom stereocenters. The molecular formula is C18H24N2. The van der Waals surface area contributed by atoms with Crippen LogP contribution in [-0.4, -0.2) is 4.98 Å². The van der Waals surface area contributed by atoms with Crippen LogP contribution in [-0.2, 0) is 6.54 Å². The lowest BCUT2D eigenvalue weighted by atomic mass is 9.82. The highest BCUT2D eigenvalue weighted by atomic mass is 14.9. The maximum absolute atomic E-state index is 4.22. The Morgan fingerprint density at radius 3 is 2.40 bits per heavy atom. The summed E-state index contributed by atoms with van der Waals surface area (Å²) in [5.74, 6) is 0. The zero-order valence-electron chi connectivity index (χ0n) is 12.9. The number of nitrogens with zero attached hydrogens (tertiary/aromatic N) is 1. The van der Waals surface area contributed by atoms with E-state index in [1.54, 1.807) is 0 Å². The van der Waals surface area contributed by atoms with Gasteiger partial charge in [0.15, 0.2) is 0 Å². The Labute approximate surface area is 122 Å². The molecule has 2 rings (SSSR count). The molecule has 2 nitrogen and oxygen atoms in total. The summed E-state index contributed by atoms with van der Waals surface area (Å²) in [5.41, 5.74) is 4.05. The lowest BCUT2D eigenvalue weighted by Crippen LogP contribution is -2.32. The van der Waals surface area contributed by atoms with Crippen molar-refractivity contribution in [3.63, 3.8) is 0 Å². The number of hydrogen-bond acceptors (Lipinski definition) is 2. The third-order valence-corrected chi connectivity index (χ3v) is 3.64. The molecule has 2 heteroatoms. The summed E-state index contributed by atoms with van der Waals surface area (Å²) in [7, 11) is 0. The fourth-order valence-corrected chi connectivity index (χ4v) is 2.46. The molecule has 20 heavy (non-hydrogen) atoms. The van der Waals surface area contributed by atoms with E-state index in [1.807, 2.05) is 12.4 Å². The number of aromatic nitrogens is 1. The van der Waals surface area contributed by atoms with Crippen LogP contribution in [0.25, 0.3) is 0 Å². The molecule has 0 fully saturated rings. The average Bonchev–Trinajstić information content (AvgIpc) is 2.41. The molecule has 0 aliphatic carbocycles. The minimum absolute atomic E-state index is 0.164. The van der Waals surface area contributed by atoms with Crippen LogP contribution in [0.1, 0.15) is 43.5 Å². The van der Waals surface area contributed by atoms with E-state index >= 15 is 0 Å². The first-order valence-electron chi connectivity index (χ1n) is 7.16. The maximum atomic E-state index is 4.22. The van der Waals surface area contributed by atoms with Gasteiger partial charge in [0.05, 0.1) is 0 Å². The van der Waals surface area contributed by atoms with E-state index in [0.29, 0.717) is 6.04 Å². The van der Waals surface area contributed by atoms with Gasteiger partial charge in [0.2, 0.25) is 0 Å². The van der Waals surface area contributed by atoms with E-state index < -0.39 is 0 Å². The summed E-state index contributed by atoms with van der Waals surface area (Å²) in [6.07, 6.45) is 3.80. The molecule has 0 aliphatic rings. The van der Waals surface area contributed by atoms with Crippen LogP contribution in [0.2, 0.25) is 0 Å². The highest BCUT2D eigenvalue weighted by molar-refractivity contribution is 5.24. The van der Waals surface area contributed by atoms with E-state index in [9.17, 15) is 0 Å². The molecule has 0 radical (unpaired) electrons. The van der Waals surface area contributed by atoms with Crippen LogP contribution in [0.4, 0.5) is 0 Å². The quantitative estimate of drug-likeness (QED) is 0.896. The van der Waals surface area contributed by atoms with Gasteiger partial charge in [0.1, 0.15) is 0 Å². The number of aryl methyl sites for hydroxylation is 1. The fraction of sp³-hybridized carbons (Fsp3) is 0.389. The SMILES string of the molecule is Cc1ccncc1CNC(c1ccccc1)C(C)(C)C. The standard InChI is InChI=1S/C18H24N2/c1-14-10-11-19-12-16(14)13-20-17(18(2,3)4)15-8-6-5-7-9-15/h5-12,17,20H,13H2,1-4H3. The van der Waals surface area contributed by atoms with Gasteiger partial charge in [-0.15, -0.1) is 0 Å². The van der Waals surface area contributed by atoms with Crippen LogP contribution in [0.5, 0.6) is 0 Å². The van der Waals surface area contributed by atoms with Gasteiger partial charge in [-0.2, -0.15) is 0 Å². The van der Waals surface area contributed by atoms with E-state index in [4.69, 9.17) is 0 Å². The van der Waals surface area contributed by atoms with Crippen LogP contribution >= 0.6 is 0 Å². The number of hydrogen-bond donors (Lipinski definition) is 1. The highest BCUT2D eigenvalue weighted by Crippen LogP contribution is 2.32. The number of rotatable bonds is 4. The molecule has 0 amide bonds. The Morgan fingerprint density at radius 1 is 1.10 bits per heavy atom. The second-order valence-electron chi connectivity index (χ2n) is 6.39. The summed E-state index contributed by atoms with van der Waals surface area (Å²) < 4.78 is 0. The van der Waals surface area contributed by atoms with Crippen molar-refractivity contribution in [3.05, 3.63) is 65.5 Å². The normalized spacial score (nSPS) is 13.2. The summed E-state index contributed by atoms with van der Waals surface area (Å²) >= 11 is 0. The summed E-state index contributed by atoms with van der Waals surface area (Å²) in [4.78, 5) is 4.22. The monoisotopic (exact) mass is 268 g/mol. The van der Waals surface area contributed by atoms with Gasteiger partial charge < -0.3 is 5.32 Å². The molecule has 0 spiro atoms. The summed E-state index contributed by atoms with van der Waals surface area (Å²) in [6.45, 7) is 9.79. The Bertz CT molecular complexity index is 541. The molecule has 106 valence electrons. The first-order valence-corrected chi connectivity index (χ1v) is 7.16. The Kier molecular flexibility index (Phi) is 4.56. The van der Waals surface area contributed by atoms with Crippen molar-refractivity contribution in [1.82, 2.24) is 10.3 Å². The van der Waals surface area contributed by atoms with Crippen LogP contribution in [0.15, 0.2) is 48.8 Å². The van der Waals surface area contributed by atoms with E-state index in [-0.39, 0.29) is 5.41 Å². The summed E-state index contributed by atoms with van der Waals surface area (Å²) in [5, 5.41) is 3.69. The minimum atomic E-state index is 0.164. The zero-order chi connectivity index (χ0) is 14.6. The van der Waals surface area contributed by atoms with Gasteiger partial charge in [-0.1, -0.05) is 51.1 Å². The predicted octanol–water partition coefficient (Wildman–Crippen LogP) is 4.27. The Balaban J connectivity index is 2.16. The molecule has 0 bridgehead atoms. The predicted molar refractivity (Wildman–Crippen MR) is 84.5 cm³/mol. The lowest BCUT2D eigenvalue weighted by Gasteiger charge is -2.32. The largest absolute Gasteiger partial charge is 0.305 e. The lowest BCUT2D eigenvalue weighted by molar-refractivity contribution is 0.271. The zero-order valence-corrected chi connectivity index (χ0v) is 12.9. The topological polar surface area (TPSA) is 24.9 Å². The Hall–Kier alpha value is -1.67. The second kappa shape index (κ2) is 6.19. The van der Waals surface area contributed by atoms with Gasteiger partial charge in [0, 0.05) is 25.0 Å². The van der Waals surface area contributed by atoms with Crippen molar-refractivity contribution in [2.24, 2.45) is 5.41 Å². The molecule has 1 heterocycles. The second-order valence-corrected chi connectivity index (χ2v) is 6.39. The first kappa shape index (κ1) is 14.7. The minimum Gasteiger partial charge on any atom is -0.305 e. The van der Waals surface area contributed by atoms with Crippen LogP contribution < -0.4 is 5.32 Å². The van der Waals surface area contributed by atoms with Crippen molar-refractivity contribution < 1.29 is 0 Å². The molecule has 2 aromatic rings. The van der Waals surface area contributed by atoms with Gasteiger partial charge in [0.25, 0.3) is 0 Å². The Morgan fingerprint density at radius 2 is 1.80 bits per heavy atom. The maximum Gasteiger partial charge on any atom is 0.0372 e. The molecular weight excluding hydrogens is 244 g/mol. The first-order chi connectivity index (χ1) is 9.48. The molecule has 1 aromatic heterocycles. The molecule has 0 saturated carbocycles. The van der Waals surface area contributed by atoms with E-state index in [0.717, 1.165) is 6.54 Å². The fourth-order valence-electron chi connectivity index (χ4n) is 2.46. The van der Waals surface area contributed by atoms with Crippen molar-refractivity contribution in [3.8, 4) is 0 Å². The van der Waals surface area contributed by atoms with Crippen molar-refractivity contribution in [2.45, 2.75) is 40.3 Å². The van der Waals surface area contributed by atoms with E-state index in [1.165, 1.54) is 16.7 Å². The molecule has 1 N–H and O–H groups in total. The molecule has 1 aromatic carbocycles. The van der Waals surface area contributed by atoms with Gasteiger partial charge in [-0.3, -0.25) is 4.98 Å². The van der Waals surface area contributed by atoms with Crippen LogP contribution in [0.3, 0.4) is 0 Å². The average molecular weight is 268 g/mol. The van der Waals surface area contributed by atoms with Crippen molar-refractivity contribution in [1.29, 1.82) is 0 Å². The number of nitrogens with one attached hydrogen (secondary N) is 1. The third-order valence-electron chi connectivity index (χ3n) is 3.64. The molecule has 0 aliphatic heterocycles. The van der Waals surface area contributed by atoms with E-state index in [2.05, 4.69) is 74.4 Å². The van der Waals surface area contributed by atoms with Crippen LogP contribution in [0, 0.1) is 12.3 Å². The van der Waals surface area contributed by atoms with Gasteiger partial charge in [-0.05, 0) is 35.1 Å². The van der Waals surface area contributed by atoms with Crippen molar-refractivity contribution >= 4 is 0 Å².